The number of aliphatic hydroxyl groups is 1. The van der Waals surface area contributed by atoms with E-state index in [0.29, 0.717) is 18.8 Å². The Kier molecular flexibility index (Phi) is 3.93. The van der Waals surface area contributed by atoms with Gasteiger partial charge in [-0.2, -0.15) is 0 Å². The molecule has 1 aliphatic rings. The van der Waals surface area contributed by atoms with Gasteiger partial charge in [0.1, 0.15) is 11.5 Å². The highest BCUT2D eigenvalue weighted by molar-refractivity contribution is 5.55. The Balaban J connectivity index is 1.77. The summed E-state index contributed by atoms with van der Waals surface area (Å²) in [4.78, 5) is 0. The molecule has 3 rings (SSSR count). The van der Waals surface area contributed by atoms with Gasteiger partial charge in [0.05, 0.1) is 13.2 Å². The first kappa shape index (κ1) is 13.7. The first-order valence-electron chi connectivity index (χ1n) is 7.11. The molecular weight excluding hydrogens is 264 g/mol. The van der Waals surface area contributed by atoms with Gasteiger partial charge < -0.3 is 14.9 Å². The molecule has 0 atom stereocenters. The molecule has 0 aromatic heterocycles. The van der Waals surface area contributed by atoms with E-state index in [1.165, 1.54) is 0 Å². The van der Waals surface area contributed by atoms with Gasteiger partial charge in [0.25, 0.3) is 0 Å². The molecule has 0 saturated carbocycles. The number of aromatic hydroxyl groups is 1. The summed E-state index contributed by atoms with van der Waals surface area (Å²) >= 11 is 0. The van der Waals surface area contributed by atoms with E-state index in [0.717, 1.165) is 34.4 Å². The number of benzene rings is 2. The molecule has 0 aliphatic carbocycles. The van der Waals surface area contributed by atoms with Gasteiger partial charge in [-0.1, -0.05) is 36.4 Å². The lowest BCUT2D eigenvalue weighted by atomic mass is 10.0. The molecule has 21 heavy (non-hydrogen) atoms. The van der Waals surface area contributed by atoms with Gasteiger partial charge in [0.2, 0.25) is 0 Å². The second kappa shape index (κ2) is 6.02. The van der Waals surface area contributed by atoms with Gasteiger partial charge >= 0.3 is 0 Å². The van der Waals surface area contributed by atoms with Crippen molar-refractivity contribution in [1.29, 1.82) is 0 Å². The average molecular weight is 282 g/mol. The Morgan fingerprint density at radius 1 is 1.14 bits per heavy atom. The van der Waals surface area contributed by atoms with Gasteiger partial charge in [-0.05, 0) is 29.7 Å². The Morgan fingerprint density at radius 3 is 2.86 bits per heavy atom. The number of rotatable bonds is 4. The maximum atomic E-state index is 10.0. The van der Waals surface area contributed by atoms with E-state index < -0.39 is 0 Å². The molecule has 0 bridgehead atoms. The third kappa shape index (κ3) is 2.93. The van der Waals surface area contributed by atoms with E-state index in [9.17, 15) is 10.2 Å². The van der Waals surface area contributed by atoms with Crippen molar-refractivity contribution in [3.8, 4) is 11.5 Å². The quantitative estimate of drug-likeness (QED) is 0.906. The lowest BCUT2D eigenvalue weighted by molar-refractivity contribution is 0.281. The number of phenols is 1. The van der Waals surface area contributed by atoms with E-state index in [1.54, 1.807) is 6.07 Å². The van der Waals surface area contributed by atoms with Crippen molar-refractivity contribution in [2.24, 2.45) is 0 Å². The van der Waals surface area contributed by atoms with Gasteiger partial charge in [-0.3, -0.25) is 0 Å². The van der Waals surface area contributed by atoms with Crippen molar-refractivity contribution in [3.05, 3.63) is 64.7 Å². The molecule has 0 unspecified atom stereocenters. The Morgan fingerprint density at radius 2 is 2.00 bits per heavy atom. The monoisotopic (exact) mass is 282 g/mol. The summed E-state index contributed by atoms with van der Waals surface area (Å²) in [6, 6.07) is 11.4. The Labute approximate surface area is 124 Å². The zero-order valence-corrected chi connectivity index (χ0v) is 11.7. The summed E-state index contributed by atoms with van der Waals surface area (Å²) in [6.07, 6.45) is 5.45. The third-order valence-corrected chi connectivity index (χ3v) is 3.75. The van der Waals surface area contributed by atoms with Crippen molar-refractivity contribution in [3.63, 3.8) is 0 Å². The number of fused-ring (bicyclic) bond motifs is 1. The number of ether oxygens (including phenoxy) is 1. The summed E-state index contributed by atoms with van der Waals surface area (Å²) < 4.78 is 5.53. The van der Waals surface area contributed by atoms with Crippen LogP contribution in [-0.2, 0) is 19.4 Å². The van der Waals surface area contributed by atoms with Crippen LogP contribution in [0.3, 0.4) is 0 Å². The van der Waals surface area contributed by atoms with Gasteiger partial charge in [-0.25, -0.2) is 0 Å². The zero-order chi connectivity index (χ0) is 14.7. The molecule has 3 heteroatoms. The second-order valence-electron chi connectivity index (χ2n) is 5.15. The van der Waals surface area contributed by atoms with Crippen LogP contribution in [-0.4, -0.2) is 16.8 Å². The fourth-order valence-electron chi connectivity index (χ4n) is 2.57. The molecule has 1 aliphatic heterocycles. The highest BCUT2D eigenvalue weighted by Crippen LogP contribution is 2.32. The fourth-order valence-corrected chi connectivity index (χ4v) is 2.57. The molecule has 3 nitrogen and oxygen atoms in total. The minimum absolute atomic E-state index is 0.0262. The summed E-state index contributed by atoms with van der Waals surface area (Å²) in [7, 11) is 0. The van der Waals surface area contributed by atoms with E-state index in [4.69, 9.17) is 4.74 Å². The van der Waals surface area contributed by atoms with E-state index in [2.05, 4.69) is 0 Å². The van der Waals surface area contributed by atoms with Crippen LogP contribution in [0.25, 0.3) is 6.08 Å². The second-order valence-corrected chi connectivity index (χ2v) is 5.15. The molecule has 0 fully saturated rings. The Hall–Kier alpha value is -2.26. The van der Waals surface area contributed by atoms with Crippen molar-refractivity contribution in [2.75, 3.05) is 6.61 Å². The summed E-state index contributed by atoms with van der Waals surface area (Å²) in [5.74, 6) is 1.20. The van der Waals surface area contributed by atoms with Crippen LogP contribution in [0.15, 0.2) is 42.5 Å². The maximum Gasteiger partial charge on any atom is 0.123 e. The molecule has 0 saturated heterocycles. The highest BCUT2D eigenvalue weighted by atomic mass is 16.5. The fraction of sp³-hybridized carbons (Fsp3) is 0.222. The molecule has 1 heterocycles. The Bertz CT molecular complexity index is 674. The van der Waals surface area contributed by atoms with Crippen LogP contribution in [0.1, 0.15) is 22.3 Å². The summed E-state index contributed by atoms with van der Waals surface area (Å²) in [6.45, 7) is 0.719. The minimum Gasteiger partial charge on any atom is -0.508 e. The summed E-state index contributed by atoms with van der Waals surface area (Å²) in [5.41, 5.74) is 3.83. The molecule has 0 amide bonds. The summed E-state index contributed by atoms with van der Waals surface area (Å²) in [5, 5.41) is 19.3. The normalized spacial score (nSPS) is 13.4. The third-order valence-electron chi connectivity index (χ3n) is 3.75. The van der Waals surface area contributed by atoms with E-state index in [1.807, 2.05) is 42.5 Å². The van der Waals surface area contributed by atoms with Crippen LogP contribution in [0, 0.1) is 0 Å². The van der Waals surface area contributed by atoms with Crippen LogP contribution < -0.4 is 4.74 Å². The minimum atomic E-state index is 0.0262. The molecule has 0 radical (unpaired) electrons. The molecular formula is C18H18O3. The SMILES string of the molecule is OCc1ccccc1C=CCc1cc2c(cc1O)CCO2. The van der Waals surface area contributed by atoms with Crippen LogP contribution in [0.5, 0.6) is 11.5 Å². The number of phenolic OH excluding ortho intramolecular Hbond substituents is 1. The molecule has 108 valence electrons. The van der Waals surface area contributed by atoms with Gasteiger partial charge in [-0.15, -0.1) is 0 Å². The number of allylic oxidation sites excluding steroid dienone is 1. The van der Waals surface area contributed by atoms with E-state index >= 15 is 0 Å². The number of hydrogen-bond acceptors (Lipinski definition) is 3. The lowest BCUT2D eigenvalue weighted by Crippen LogP contribution is -1.89. The maximum absolute atomic E-state index is 10.0. The highest BCUT2D eigenvalue weighted by Gasteiger charge is 2.14. The van der Waals surface area contributed by atoms with Gasteiger partial charge in [0, 0.05) is 17.5 Å². The predicted octanol–water partition coefficient (Wildman–Crippen LogP) is 3.08. The topological polar surface area (TPSA) is 49.7 Å². The molecule has 2 N–H and O–H groups in total. The van der Waals surface area contributed by atoms with Crippen LogP contribution >= 0.6 is 0 Å². The smallest absolute Gasteiger partial charge is 0.123 e. The average Bonchev–Trinajstić information content (AvgIpc) is 2.95. The van der Waals surface area contributed by atoms with Crippen molar-refractivity contribution in [2.45, 2.75) is 19.4 Å². The van der Waals surface area contributed by atoms with Crippen LogP contribution in [0.4, 0.5) is 0 Å². The van der Waals surface area contributed by atoms with Crippen molar-refractivity contribution >= 4 is 6.08 Å². The molecule has 0 spiro atoms. The van der Waals surface area contributed by atoms with Crippen molar-refractivity contribution in [1.82, 2.24) is 0 Å². The van der Waals surface area contributed by atoms with Gasteiger partial charge in [0.15, 0.2) is 0 Å². The molecule has 2 aromatic rings. The molecule has 2 aromatic carbocycles. The first-order valence-corrected chi connectivity index (χ1v) is 7.11. The standard InChI is InChI=1S/C18H18O3/c19-12-16-5-2-1-4-13(16)6-3-7-14-11-18-15(8-9-21-18)10-17(14)20/h1-6,10-11,19-20H,7-9,12H2. The number of hydrogen-bond donors (Lipinski definition) is 2. The van der Waals surface area contributed by atoms with Crippen molar-refractivity contribution < 1.29 is 14.9 Å². The zero-order valence-electron chi connectivity index (χ0n) is 11.7. The predicted molar refractivity (Wildman–Crippen MR) is 82.4 cm³/mol. The number of aliphatic hydroxyl groups excluding tert-OH is 1. The lowest BCUT2D eigenvalue weighted by Gasteiger charge is -2.06. The van der Waals surface area contributed by atoms with Crippen LogP contribution in [0.2, 0.25) is 0 Å². The largest absolute Gasteiger partial charge is 0.508 e. The van der Waals surface area contributed by atoms with E-state index in [-0.39, 0.29) is 6.61 Å². The first-order chi connectivity index (χ1) is 10.3.